The second kappa shape index (κ2) is 7.81. The number of likely N-dealkylation sites (N-methyl/N-ethyl adjacent to an activating group) is 1. The van der Waals surface area contributed by atoms with Crippen LogP contribution >= 0.6 is 11.6 Å². The van der Waals surface area contributed by atoms with Crippen LogP contribution in [0.2, 0.25) is 5.02 Å². The van der Waals surface area contributed by atoms with E-state index < -0.39 is 0 Å². The molecule has 6 heteroatoms. The Balaban J connectivity index is 1.66. The number of nitrogens with zero attached hydrogens (tertiary/aromatic N) is 2. The molecule has 2 aromatic rings. The highest BCUT2D eigenvalue weighted by Gasteiger charge is 2.24. The van der Waals surface area contributed by atoms with Gasteiger partial charge in [-0.3, -0.25) is 14.8 Å². The summed E-state index contributed by atoms with van der Waals surface area (Å²) in [6.45, 7) is 1.46. The first-order valence-corrected chi connectivity index (χ1v) is 8.79. The molecule has 1 amide bonds. The first-order chi connectivity index (χ1) is 11.6. The van der Waals surface area contributed by atoms with E-state index >= 15 is 0 Å². The third-order valence-electron chi connectivity index (χ3n) is 4.63. The van der Waals surface area contributed by atoms with Crippen molar-refractivity contribution < 1.29 is 4.79 Å². The van der Waals surface area contributed by atoms with E-state index in [1.807, 2.05) is 31.3 Å². The molecule has 1 aromatic carbocycles. The van der Waals surface area contributed by atoms with Crippen LogP contribution in [0.25, 0.3) is 11.3 Å². The molecule has 1 fully saturated rings. The maximum atomic E-state index is 12.5. The SMILES string of the molecule is CN1CCCCC[C@@H]1C(=O)NCc1cn[nH]c1-c1ccc(Cl)cc1. The molecular weight excluding hydrogens is 324 g/mol. The smallest absolute Gasteiger partial charge is 0.237 e. The van der Waals surface area contributed by atoms with Gasteiger partial charge in [-0.2, -0.15) is 5.10 Å². The van der Waals surface area contributed by atoms with Crippen LogP contribution < -0.4 is 5.32 Å². The molecule has 1 aromatic heterocycles. The van der Waals surface area contributed by atoms with E-state index in [2.05, 4.69) is 20.4 Å². The minimum atomic E-state index is -0.0293. The molecule has 24 heavy (non-hydrogen) atoms. The van der Waals surface area contributed by atoms with E-state index in [1.165, 1.54) is 12.8 Å². The Kier molecular flexibility index (Phi) is 5.53. The van der Waals surface area contributed by atoms with Gasteiger partial charge in [-0.05, 0) is 44.1 Å². The zero-order chi connectivity index (χ0) is 16.9. The van der Waals surface area contributed by atoms with E-state index in [4.69, 9.17) is 11.6 Å². The van der Waals surface area contributed by atoms with Gasteiger partial charge in [-0.1, -0.05) is 36.6 Å². The highest BCUT2D eigenvalue weighted by Crippen LogP contribution is 2.23. The molecule has 1 saturated heterocycles. The van der Waals surface area contributed by atoms with Gasteiger partial charge in [-0.15, -0.1) is 0 Å². The van der Waals surface area contributed by atoms with Crippen LogP contribution in [-0.4, -0.2) is 40.6 Å². The molecule has 128 valence electrons. The van der Waals surface area contributed by atoms with Crippen molar-refractivity contribution in [1.29, 1.82) is 0 Å². The van der Waals surface area contributed by atoms with Crippen molar-refractivity contribution in [3.05, 3.63) is 41.0 Å². The second-order valence-corrected chi connectivity index (χ2v) is 6.78. The standard InChI is InChI=1S/C18H23ClN4O/c1-23-10-4-2-3-5-16(23)18(24)20-11-14-12-21-22-17(14)13-6-8-15(19)9-7-13/h6-9,12,16H,2-5,10-11H2,1H3,(H,20,24)(H,21,22)/t16-/m1/s1. The number of aromatic nitrogens is 2. The lowest BCUT2D eigenvalue weighted by Gasteiger charge is -2.24. The quantitative estimate of drug-likeness (QED) is 0.893. The lowest BCUT2D eigenvalue weighted by molar-refractivity contribution is -0.126. The molecule has 0 radical (unpaired) electrons. The van der Waals surface area contributed by atoms with Crippen molar-refractivity contribution in [2.24, 2.45) is 0 Å². The average molecular weight is 347 g/mol. The minimum absolute atomic E-state index is 0.0293. The molecule has 1 atom stereocenters. The maximum absolute atomic E-state index is 12.5. The maximum Gasteiger partial charge on any atom is 0.237 e. The monoisotopic (exact) mass is 346 g/mol. The number of likely N-dealkylation sites (tertiary alicyclic amines) is 1. The van der Waals surface area contributed by atoms with E-state index in [-0.39, 0.29) is 11.9 Å². The predicted molar refractivity (Wildman–Crippen MR) is 95.8 cm³/mol. The van der Waals surface area contributed by atoms with Crippen molar-refractivity contribution >= 4 is 17.5 Å². The molecule has 0 bridgehead atoms. The Morgan fingerprint density at radius 2 is 2.12 bits per heavy atom. The van der Waals surface area contributed by atoms with Crippen molar-refractivity contribution in [1.82, 2.24) is 20.4 Å². The first-order valence-electron chi connectivity index (χ1n) is 8.41. The summed E-state index contributed by atoms with van der Waals surface area (Å²) in [6, 6.07) is 7.56. The number of aromatic amines is 1. The van der Waals surface area contributed by atoms with Crippen molar-refractivity contribution in [2.75, 3.05) is 13.6 Å². The van der Waals surface area contributed by atoms with Gasteiger partial charge >= 0.3 is 0 Å². The second-order valence-electron chi connectivity index (χ2n) is 6.34. The molecule has 1 aliphatic heterocycles. The number of amides is 1. The number of nitrogens with one attached hydrogen (secondary N) is 2. The van der Waals surface area contributed by atoms with Gasteiger partial charge in [-0.25, -0.2) is 0 Å². The number of benzene rings is 1. The van der Waals surface area contributed by atoms with Gasteiger partial charge in [0.25, 0.3) is 0 Å². The molecular formula is C18H23ClN4O. The molecule has 2 heterocycles. The van der Waals surface area contributed by atoms with Crippen molar-refractivity contribution in [3.63, 3.8) is 0 Å². The average Bonchev–Trinajstić information content (AvgIpc) is 2.94. The predicted octanol–water partition coefficient (Wildman–Crippen LogP) is 3.22. The molecule has 0 saturated carbocycles. The van der Waals surface area contributed by atoms with Gasteiger partial charge in [0, 0.05) is 17.1 Å². The Morgan fingerprint density at radius 1 is 1.33 bits per heavy atom. The van der Waals surface area contributed by atoms with Gasteiger partial charge < -0.3 is 5.32 Å². The number of halogens is 1. The van der Waals surface area contributed by atoms with Gasteiger partial charge in [0.1, 0.15) is 0 Å². The van der Waals surface area contributed by atoms with E-state index in [0.29, 0.717) is 11.6 Å². The minimum Gasteiger partial charge on any atom is -0.351 e. The van der Waals surface area contributed by atoms with Crippen LogP contribution in [0.1, 0.15) is 31.2 Å². The molecule has 3 rings (SSSR count). The summed E-state index contributed by atoms with van der Waals surface area (Å²) in [4.78, 5) is 14.7. The number of carbonyl (C=O) groups excluding carboxylic acids is 1. The summed E-state index contributed by atoms with van der Waals surface area (Å²) in [5.74, 6) is 0.0997. The third kappa shape index (κ3) is 3.97. The number of carbonyl (C=O) groups is 1. The Morgan fingerprint density at radius 3 is 2.92 bits per heavy atom. The molecule has 1 aliphatic rings. The summed E-state index contributed by atoms with van der Waals surface area (Å²) in [5, 5.41) is 10.9. The number of hydrogen-bond acceptors (Lipinski definition) is 3. The number of rotatable bonds is 4. The van der Waals surface area contributed by atoms with E-state index in [1.54, 1.807) is 6.20 Å². The summed E-state index contributed by atoms with van der Waals surface area (Å²) in [5.41, 5.74) is 2.90. The Hall–Kier alpha value is -1.85. The summed E-state index contributed by atoms with van der Waals surface area (Å²) in [6.07, 6.45) is 6.18. The van der Waals surface area contributed by atoms with Crippen molar-refractivity contribution in [3.8, 4) is 11.3 Å². The number of hydrogen-bond donors (Lipinski definition) is 2. The Labute approximate surface area is 147 Å². The fraction of sp³-hybridized carbons (Fsp3) is 0.444. The molecule has 2 N–H and O–H groups in total. The van der Waals surface area contributed by atoms with Gasteiger partial charge in [0.2, 0.25) is 5.91 Å². The summed E-state index contributed by atoms with van der Waals surface area (Å²) in [7, 11) is 2.03. The topological polar surface area (TPSA) is 61.0 Å². The van der Waals surface area contributed by atoms with E-state index in [9.17, 15) is 4.79 Å². The first kappa shape index (κ1) is 17.0. The fourth-order valence-corrected chi connectivity index (χ4v) is 3.32. The molecule has 5 nitrogen and oxygen atoms in total. The third-order valence-corrected chi connectivity index (χ3v) is 4.88. The van der Waals surface area contributed by atoms with Crippen molar-refractivity contribution in [2.45, 2.75) is 38.3 Å². The Bertz CT molecular complexity index is 683. The van der Waals surface area contributed by atoms with E-state index in [0.717, 1.165) is 36.2 Å². The molecule has 0 unspecified atom stereocenters. The fourth-order valence-electron chi connectivity index (χ4n) is 3.19. The summed E-state index contributed by atoms with van der Waals surface area (Å²) < 4.78 is 0. The normalized spacial score (nSPS) is 19.0. The largest absolute Gasteiger partial charge is 0.351 e. The zero-order valence-corrected chi connectivity index (χ0v) is 14.6. The van der Waals surface area contributed by atoms with Crippen LogP contribution in [0, 0.1) is 0 Å². The lowest BCUT2D eigenvalue weighted by atomic mass is 10.1. The zero-order valence-electron chi connectivity index (χ0n) is 13.9. The van der Waals surface area contributed by atoms with Crippen LogP contribution in [0.5, 0.6) is 0 Å². The van der Waals surface area contributed by atoms with Crippen LogP contribution in [0.4, 0.5) is 0 Å². The highest BCUT2D eigenvalue weighted by molar-refractivity contribution is 6.30. The van der Waals surface area contributed by atoms with Gasteiger partial charge in [0.15, 0.2) is 0 Å². The van der Waals surface area contributed by atoms with Crippen LogP contribution in [0.3, 0.4) is 0 Å². The number of H-pyrrole nitrogens is 1. The van der Waals surface area contributed by atoms with Crippen LogP contribution in [-0.2, 0) is 11.3 Å². The molecule has 0 spiro atoms. The lowest BCUT2D eigenvalue weighted by Crippen LogP contribution is -2.44. The highest BCUT2D eigenvalue weighted by atomic mass is 35.5. The summed E-state index contributed by atoms with van der Waals surface area (Å²) >= 11 is 5.94. The van der Waals surface area contributed by atoms with Crippen LogP contribution in [0.15, 0.2) is 30.5 Å². The molecule has 0 aliphatic carbocycles. The van der Waals surface area contributed by atoms with Gasteiger partial charge in [0.05, 0.1) is 17.9 Å².